The number of ether oxygens (including phenoxy) is 1. The summed E-state index contributed by atoms with van der Waals surface area (Å²) in [6.45, 7) is 9.92. The lowest BCUT2D eigenvalue weighted by Gasteiger charge is -2.40. The molecular weight excluding hydrogens is 282 g/mol. The molecule has 0 saturated carbocycles. The monoisotopic (exact) mass is 307 g/mol. The smallest absolute Gasteiger partial charge is 0.0641 e. The highest BCUT2D eigenvalue weighted by Gasteiger charge is 2.41. The molecule has 2 aliphatic rings. The number of hydrogen-bond donors (Lipinski definition) is 1. The number of benzene rings is 1. The Morgan fingerprint density at radius 2 is 2.00 bits per heavy atom. The third kappa shape index (κ3) is 3.13. The van der Waals surface area contributed by atoms with Gasteiger partial charge in [0, 0.05) is 23.7 Å². The van der Waals surface area contributed by atoms with Crippen LogP contribution in [0, 0.1) is 5.41 Å². The number of hydrogen-bond acceptors (Lipinski definition) is 2. The Kier molecular flexibility index (Phi) is 3.84. The van der Waals surface area contributed by atoms with Gasteiger partial charge in [0.25, 0.3) is 0 Å². The van der Waals surface area contributed by atoms with Crippen LogP contribution in [0.4, 0.5) is 0 Å². The van der Waals surface area contributed by atoms with Gasteiger partial charge in [-0.25, -0.2) is 0 Å². The lowest BCUT2D eigenvalue weighted by Crippen LogP contribution is -2.46. The normalized spacial score (nSPS) is 30.1. The Balaban J connectivity index is 1.83. The van der Waals surface area contributed by atoms with E-state index in [1.54, 1.807) is 0 Å². The van der Waals surface area contributed by atoms with Crippen LogP contribution in [0.5, 0.6) is 0 Å². The zero-order valence-electron chi connectivity index (χ0n) is 13.5. The molecule has 2 atom stereocenters. The van der Waals surface area contributed by atoms with Crippen molar-refractivity contribution in [3.8, 4) is 0 Å². The van der Waals surface area contributed by atoms with Gasteiger partial charge in [0.2, 0.25) is 0 Å². The number of rotatable bonds is 2. The van der Waals surface area contributed by atoms with Crippen molar-refractivity contribution in [2.75, 3.05) is 6.61 Å². The number of halogens is 1. The number of fused-ring (bicyclic) bond motifs is 1. The van der Waals surface area contributed by atoms with Crippen molar-refractivity contribution in [3.63, 3.8) is 0 Å². The molecule has 0 radical (unpaired) electrons. The summed E-state index contributed by atoms with van der Waals surface area (Å²) in [5.41, 5.74) is 3.04. The molecule has 1 aromatic rings. The summed E-state index contributed by atoms with van der Waals surface area (Å²) in [4.78, 5) is 0. The van der Waals surface area contributed by atoms with Crippen LogP contribution in [-0.4, -0.2) is 18.2 Å². The van der Waals surface area contributed by atoms with Gasteiger partial charge >= 0.3 is 0 Å². The van der Waals surface area contributed by atoms with Crippen molar-refractivity contribution in [2.45, 2.75) is 64.6 Å². The van der Waals surface area contributed by atoms with Gasteiger partial charge in [0.15, 0.2) is 0 Å². The molecule has 1 saturated heterocycles. The second-order valence-corrected chi connectivity index (χ2v) is 8.34. The van der Waals surface area contributed by atoms with Gasteiger partial charge in [-0.05, 0) is 61.8 Å². The maximum absolute atomic E-state index is 6.22. The van der Waals surface area contributed by atoms with Crippen LogP contribution in [-0.2, 0) is 11.2 Å². The maximum Gasteiger partial charge on any atom is 0.0641 e. The first-order valence-corrected chi connectivity index (χ1v) is 8.33. The van der Waals surface area contributed by atoms with Gasteiger partial charge in [-0.3, -0.25) is 0 Å². The zero-order valence-corrected chi connectivity index (χ0v) is 14.3. The summed E-state index contributed by atoms with van der Waals surface area (Å²) in [6, 6.07) is 7.24. The maximum atomic E-state index is 6.22. The summed E-state index contributed by atoms with van der Waals surface area (Å²) >= 11 is 6.22. The van der Waals surface area contributed by atoms with Gasteiger partial charge in [-0.15, -0.1) is 0 Å². The van der Waals surface area contributed by atoms with E-state index in [9.17, 15) is 0 Å². The first-order chi connectivity index (χ1) is 9.77. The Morgan fingerprint density at radius 1 is 1.24 bits per heavy atom. The third-order valence-corrected chi connectivity index (χ3v) is 5.18. The molecule has 3 heteroatoms. The lowest BCUT2D eigenvalue weighted by molar-refractivity contribution is -0.0658. The van der Waals surface area contributed by atoms with E-state index in [1.807, 2.05) is 6.07 Å². The van der Waals surface area contributed by atoms with Crippen molar-refractivity contribution in [1.82, 2.24) is 5.32 Å². The fraction of sp³-hybridized carbons (Fsp3) is 0.667. The van der Waals surface area contributed by atoms with E-state index in [1.165, 1.54) is 11.1 Å². The molecule has 0 bridgehead atoms. The molecular formula is C18H26ClNO. The highest BCUT2D eigenvalue weighted by atomic mass is 35.5. The van der Waals surface area contributed by atoms with Crippen molar-refractivity contribution < 1.29 is 4.74 Å². The summed E-state index contributed by atoms with van der Waals surface area (Å²) in [5, 5.41) is 4.75. The second-order valence-electron chi connectivity index (χ2n) is 7.91. The molecule has 1 aliphatic carbocycles. The summed E-state index contributed by atoms with van der Waals surface area (Å²) in [7, 11) is 0. The molecule has 2 unspecified atom stereocenters. The lowest BCUT2D eigenvalue weighted by atomic mass is 9.83. The molecule has 116 valence electrons. The van der Waals surface area contributed by atoms with Crippen LogP contribution in [0.25, 0.3) is 0 Å². The molecule has 1 heterocycles. The summed E-state index contributed by atoms with van der Waals surface area (Å²) in [6.07, 6.45) is 3.27. The molecule has 1 fully saturated rings. The van der Waals surface area contributed by atoms with Crippen LogP contribution in [0.15, 0.2) is 18.2 Å². The fourth-order valence-electron chi connectivity index (χ4n) is 3.93. The average molecular weight is 308 g/mol. The third-order valence-electron chi connectivity index (χ3n) is 4.95. The van der Waals surface area contributed by atoms with E-state index in [0.29, 0.717) is 12.1 Å². The quantitative estimate of drug-likeness (QED) is 0.868. The van der Waals surface area contributed by atoms with Crippen LogP contribution < -0.4 is 5.32 Å². The van der Waals surface area contributed by atoms with E-state index in [-0.39, 0.29) is 11.0 Å². The van der Waals surface area contributed by atoms with Gasteiger partial charge in [-0.1, -0.05) is 31.5 Å². The van der Waals surface area contributed by atoms with Crippen molar-refractivity contribution in [3.05, 3.63) is 34.3 Å². The van der Waals surface area contributed by atoms with Crippen LogP contribution in [0.2, 0.25) is 5.02 Å². The topological polar surface area (TPSA) is 21.3 Å². The molecule has 0 amide bonds. The van der Waals surface area contributed by atoms with Gasteiger partial charge < -0.3 is 10.1 Å². The summed E-state index contributed by atoms with van der Waals surface area (Å²) in [5.74, 6) is 0. The minimum absolute atomic E-state index is 0.0180. The molecule has 0 spiro atoms. The highest BCUT2D eigenvalue weighted by Crippen LogP contribution is 2.46. The van der Waals surface area contributed by atoms with Crippen molar-refractivity contribution in [2.24, 2.45) is 5.41 Å². The Hall–Kier alpha value is -0.570. The second kappa shape index (κ2) is 5.26. The Morgan fingerprint density at radius 3 is 2.71 bits per heavy atom. The molecule has 0 aromatic heterocycles. The van der Waals surface area contributed by atoms with Crippen molar-refractivity contribution >= 4 is 11.6 Å². The first-order valence-electron chi connectivity index (χ1n) is 7.95. The molecule has 1 N–H and O–H groups in total. The minimum atomic E-state index is -0.0180. The first kappa shape index (κ1) is 15.3. The minimum Gasteiger partial charge on any atom is -0.375 e. The molecule has 21 heavy (non-hydrogen) atoms. The van der Waals surface area contributed by atoms with Crippen molar-refractivity contribution in [1.29, 1.82) is 0 Å². The van der Waals surface area contributed by atoms with Crippen LogP contribution in [0.1, 0.15) is 57.7 Å². The fourth-order valence-corrected chi connectivity index (χ4v) is 4.12. The average Bonchev–Trinajstić information content (AvgIpc) is 2.60. The SMILES string of the molecule is CC1(C)CC(NC2c3cc(Cl)ccc3CC2(C)C)CCO1. The predicted octanol–water partition coefficient (Wildman–Crippen LogP) is 4.51. The van der Waals surface area contributed by atoms with Gasteiger partial charge in [0.05, 0.1) is 5.60 Å². The van der Waals surface area contributed by atoms with E-state index < -0.39 is 0 Å². The van der Waals surface area contributed by atoms with E-state index >= 15 is 0 Å². The van der Waals surface area contributed by atoms with Gasteiger partial charge in [-0.2, -0.15) is 0 Å². The molecule has 1 aliphatic heterocycles. The van der Waals surface area contributed by atoms with E-state index in [4.69, 9.17) is 16.3 Å². The van der Waals surface area contributed by atoms with Crippen LogP contribution >= 0.6 is 11.6 Å². The van der Waals surface area contributed by atoms with E-state index in [2.05, 4.69) is 45.1 Å². The number of nitrogens with one attached hydrogen (secondary N) is 1. The summed E-state index contributed by atoms with van der Waals surface area (Å²) < 4.78 is 5.84. The Labute approximate surface area is 133 Å². The van der Waals surface area contributed by atoms with E-state index in [0.717, 1.165) is 30.9 Å². The Bertz CT molecular complexity index is 538. The predicted molar refractivity (Wildman–Crippen MR) is 87.9 cm³/mol. The highest BCUT2D eigenvalue weighted by molar-refractivity contribution is 6.30. The molecule has 2 nitrogen and oxygen atoms in total. The zero-order chi connectivity index (χ0) is 15.3. The standard InChI is InChI=1S/C18H26ClNO/c1-17(2)10-12-5-6-13(19)9-15(12)16(17)20-14-7-8-21-18(3,4)11-14/h5-6,9,14,16,20H,7-8,10-11H2,1-4H3. The molecule has 1 aromatic carbocycles. The van der Waals surface area contributed by atoms with Crippen LogP contribution in [0.3, 0.4) is 0 Å². The molecule has 3 rings (SSSR count). The van der Waals surface area contributed by atoms with Gasteiger partial charge in [0.1, 0.15) is 0 Å². The largest absolute Gasteiger partial charge is 0.375 e.